The second kappa shape index (κ2) is 26.8. The summed E-state index contributed by atoms with van der Waals surface area (Å²) in [6.45, 7) is 17.6. The number of allylic oxidation sites excluding steroid dienone is 1. The van der Waals surface area contributed by atoms with Crippen LogP contribution in [0.15, 0.2) is 23.3 Å². The molecule has 8 fully saturated rings. The average Bonchev–Trinajstić information content (AvgIpc) is 1.34. The lowest BCUT2D eigenvalue weighted by Gasteiger charge is -2.67. The van der Waals surface area contributed by atoms with Gasteiger partial charge in [-0.25, -0.2) is 4.79 Å². The molecule has 9 aliphatic rings. The van der Waals surface area contributed by atoms with Gasteiger partial charge in [0.1, 0.15) is 71.7 Å². The van der Waals surface area contributed by atoms with E-state index in [1.54, 1.807) is 35.2 Å². The highest BCUT2D eigenvalue weighted by Gasteiger charge is 2.81. The van der Waals surface area contributed by atoms with Crippen molar-refractivity contribution in [1.82, 2.24) is 0 Å². The fourth-order valence-electron chi connectivity index (χ4n) is 16.1. The van der Waals surface area contributed by atoms with Gasteiger partial charge in [-0.05, 0) is 105 Å². The molecule has 0 unspecified atom stereocenters. The second-order valence-electron chi connectivity index (χ2n) is 26.7. The van der Waals surface area contributed by atoms with Gasteiger partial charge in [0.2, 0.25) is 0 Å². The Morgan fingerprint density at radius 1 is 0.640 bits per heavy atom. The van der Waals surface area contributed by atoms with E-state index in [1.807, 2.05) is 47.6 Å². The van der Waals surface area contributed by atoms with E-state index < -0.39 is 187 Å². The third-order valence-electron chi connectivity index (χ3n) is 21.7. The van der Waals surface area contributed by atoms with Crippen molar-refractivity contribution in [3.05, 3.63) is 23.3 Å². The molecule has 0 aromatic rings. The van der Waals surface area contributed by atoms with Gasteiger partial charge < -0.3 is 107 Å². The minimum absolute atomic E-state index is 0.0490. The van der Waals surface area contributed by atoms with Gasteiger partial charge in [0, 0.05) is 66.1 Å². The van der Waals surface area contributed by atoms with Crippen molar-refractivity contribution >= 4 is 11.8 Å². The SMILES string of the molecule is CO[C@@H]1C[C@H](O[C@@H]2CC[C@@]3(C)C(=CC[C@@]4(O)[C@@H]3C[C@@H](OC(=O)/C=C(\C)C(C)C)[C@@]3(C)[C@@]4(O)CC[C@@]3(O)C(C)=O)C2)O[C@H](C)[C@H]1O[C@H]1C[C@@H](OC)[C@H](O[C@H]2C[C@@H](OC)[C@H](O[C@H]3C[C@@H](OC)[C@H](O[C@H]4O[C@@H](CO)[C@H](O)[C@@H](O)[C@@H]4O)[C@@H](C)O3)[C@@H](C)O2)[C@@H](C)O1. The maximum atomic E-state index is 13.6. The molecule has 5 heterocycles. The molecule has 5 saturated heterocycles. The Morgan fingerprint density at radius 2 is 1.10 bits per heavy atom. The minimum Gasteiger partial charge on any atom is -0.458 e. The molecule has 29 atom stereocenters. The summed E-state index contributed by atoms with van der Waals surface area (Å²) in [6.07, 6.45) is -11.6. The van der Waals surface area contributed by atoms with Crippen LogP contribution in [0.1, 0.15) is 140 Å². The molecule has 24 nitrogen and oxygen atoms in total. The topological polar surface area (TPSA) is 314 Å². The molecule has 24 heteroatoms. The lowest BCUT2D eigenvalue weighted by atomic mass is 9.42. The first-order valence-corrected chi connectivity index (χ1v) is 31.1. The van der Waals surface area contributed by atoms with Crippen molar-refractivity contribution in [2.24, 2.45) is 22.7 Å². The molecular weight excluding hydrogens is 1130 g/mol. The number of hydrogen-bond donors (Lipinski definition) is 7. The Bertz CT molecular complexity index is 2390. The highest BCUT2D eigenvalue weighted by Crippen LogP contribution is 2.71. The molecular formula is C62H100O24. The predicted octanol–water partition coefficient (Wildman–Crippen LogP) is 2.95. The summed E-state index contributed by atoms with van der Waals surface area (Å²) >= 11 is 0. The molecule has 4 aliphatic carbocycles. The Morgan fingerprint density at radius 3 is 1.55 bits per heavy atom. The van der Waals surface area contributed by atoms with Crippen molar-refractivity contribution in [3.63, 3.8) is 0 Å². The average molecular weight is 1230 g/mol. The van der Waals surface area contributed by atoms with Crippen molar-refractivity contribution < 1.29 is 116 Å². The van der Waals surface area contributed by atoms with Gasteiger partial charge in [0.05, 0.1) is 67.0 Å². The maximum Gasteiger partial charge on any atom is 0.330 e. The highest BCUT2D eigenvalue weighted by atomic mass is 16.8. The number of aliphatic hydroxyl groups excluding tert-OH is 4. The summed E-state index contributed by atoms with van der Waals surface area (Å²) in [6, 6.07) is 0. The summed E-state index contributed by atoms with van der Waals surface area (Å²) in [5.74, 6) is -1.67. The van der Waals surface area contributed by atoms with Crippen molar-refractivity contribution in [2.75, 3.05) is 35.0 Å². The first-order chi connectivity index (χ1) is 40.5. The number of fused-ring (bicyclic) bond motifs is 5. The van der Waals surface area contributed by atoms with Crippen molar-refractivity contribution in [2.45, 2.75) is 298 Å². The van der Waals surface area contributed by atoms with Gasteiger partial charge in [0.15, 0.2) is 37.2 Å². The smallest absolute Gasteiger partial charge is 0.330 e. The standard InChI is InChI=1S/C62H100O24/c1-29(2)30(3)21-45(65)82-44-27-43-58(9)17-16-37(22-36(58)15-18-61(43,70)62(71)20-19-60(69,35(8)64)59(44,62)10)80-46-23-38(72-11)53(31(4)76-46)83-47-24-39(73-12)54(32(5)77-47)84-48-25-40(74-13)55(33(6)78-48)85-49-26-41(75-14)56(34(7)79-49)86-57-52(68)51(67)50(66)42(28-63)81-57/h15,21,29,31-34,37-44,46-57,63,66-71H,16-20,22-28H2,1-14H3/b30-21+/t31-,32-,33-,34-,37-,38-,39-,40-,41-,42+,43-,44-,46+,47+,48+,49+,50+,51-,52+,53-,54-,55-,56-,57-,58+,59-,60-,61-,62+/m1/s1. The third-order valence-corrected chi connectivity index (χ3v) is 21.7. The molecule has 0 radical (unpaired) electrons. The third kappa shape index (κ3) is 12.4. The summed E-state index contributed by atoms with van der Waals surface area (Å²) in [7, 11) is 6.35. The van der Waals surface area contributed by atoms with Crippen LogP contribution in [-0.4, -0.2) is 241 Å². The van der Waals surface area contributed by atoms with Crippen LogP contribution in [0.3, 0.4) is 0 Å². The van der Waals surface area contributed by atoms with Crippen LogP contribution in [0.5, 0.6) is 0 Å². The zero-order valence-electron chi connectivity index (χ0n) is 52.6. The number of Topliss-reactive ketones (excluding diaryl/α,β-unsaturated/α-hetero) is 1. The zero-order chi connectivity index (χ0) is 62.7. The van der Waals surface area contributed by atoms with E-state index in [2.05, 4.69) is 6.92 Å². The van der Waals surface area contributed by atoms with Gasteiger partial charge in [-0.3, -0.25) is 4.79 Å². The largest absolute Gasteiger partial charge is 0.458 e. The van der Waals surface area contributed by atoms with E-state index in [1.165, 1.54) is 20.1 Å². The van der Waals surface area contributed by atoms with E-state index >= 15 is 0 Å². The molecule has 0 bridgehead atoms. The Kier molecular flexibility index (Phi) is 21.2. The highest BCUT2D eigenvalue weighted by molar-refractivity contribution is 5.87. The van der Waals surface area contributed by atoms with E-state index in [4.69, 9.17) is 71.1 Å². The minimum atomic E-state index is -2.04. The monoisotopic (exact) mass is 1230 g/mol. The molecule has 0 spiro atoms. The lowest BCUT2D eigenvalue weighted by molar-refractivity contribution is -0.358. The first-order valence-electron chi connectivity index (χ1n) is 31.1. The van der Waals surface area contributed by atoms with Crippen molar-refractivity contribution in [1.29, 1.82) is 0 Å². The number of hydrogen-bond acceptors (Lipinski definition) is 24. The van der Waals surface area contributed by atoms with Crippen LogP contribution in [0, 0.1) is 22.7 Å². The lowest BCUT2D eigenvalue weighted by Crippen LogP contribution is -2.78. The summed E-state index contributed by atoms with van der Waals surface area (Å²) < 4.78 is 94.3. The van der Waals surface area contributed by atoms with Crippen LogP contribution in [0.4, 0.5) is 0 Å². The Hall–Kier alpha value is -2.22. The number of methoxy groups -OCH3 is 4. The van der Waals surface area contributed by atoms with Gasteiger partial charge >= 0.3 is 5.97 Å². The quantitative estimate of drug-likeness (QED) is 0.0555. The van der Waals surface area contributed by atoms with Gasteiger partial charge in [-0.1, -0.05) is 38.0 Å². The van der Waals surface area contributed by atoms with Gasteiger partial charge in [-0.2, -0.15) is 0 Å². The first kappa shape index (κ1) is 68.2. The fraction of sp³-hybridized carbons (Fsp3) is 0.903. The van der Waals surface area contributed by atoms with Gasteiger partial charge in [-0.15, -0.1) is 0 Å². The molecule has 492 valence electrons. The number of rotatable bonds is 19. The normalized spacial score (nSPS) is 50.0. The second-order valence-corrected chi connectivity index (χ2v) is 26.7. The number of esters is 1. The van der Waals surface area contributed by atoms with Crippen LogP contribution >= 0.6 is 0 Å². The zero-order valence-corrected chi connectivity index (χ0v) is 52.6. The molecule has 0 amide bonds. The van der Waals surface area contributed by atoms with Crippen LogP contribution in [-0.2, 0) is 80.6 Å². The molecule has 0 aromatic carbocycles. The summed E-state index contributed by atoms with van der Waals surface area (Å²) in [5.41, 5.74) is -6.22. The van der Waals surface area contributed by atoms with E-state index in [0.29, 0.717) is 38.5 Å². The molecule has 3 saturated carbocycles. The van der Waals surface area contributed by atoms with Crippen LogP contribution in [0.2, 0.25) is 0 Å². The fourth-order valence-corrected chi connectivity index (χ4v) is 16.1. The predicted molar refractivity (Wildman–Crippen MR) is 301 cm³/mol. The molecule has 0 aromatic heterocycles. The number of carbonyl (C=O) groups excluding carboxylic acids is 2. The number of carbonyl (C=O) groups is 2. The molecule has 5 aliphatic heterocycles. The van der Waals surface area contributed by atoms with Crippen LogP contribution < -0.4 is 0 Å². The Balaban J connectivity index is 0.779. The molecule has 9 rings (SSSR count). The molecule has 7 N–H and O–H groups in total. The number of ketones is 1. The van der Waals surface area contributed by atoms with E-state index in [9.17, 15) is 45.3 Å². The summed E-state index contributed by atoms with van der Waals surface area (Å²) in [4.78, 5) is 27.0. The van der Waals surface area contributed by atoms with E-state index in [0.717, 1.165) is 11.1 Å². The summed E-state index contributed by atoms with van der Waals surface area (Å²) in [5, 5.41) is 79.0. The number of aliphatic hydroxyl groups is 7. The van der Waals surface area contributed by atoms with Gasteiger partial charge in [0.25, 0.3) is 0 Å². The number of ether oxygens (including phenoxy) is 15. The maximum absolute atomic E-state index is 13.6. The molecule has 86 heavy (non-hydrogen) atoms. The van der Waals surface area contributed by atoms with E-state index in [-0.39, 0.29) is 44.1 Å². The van der Waals surface area contributed by atoms with Crippen molar-refractivity contribution in [3.8, 4) is 0 Å². The Labute approximate surface area is 505 Å². The van der Waals surface area contributed by atoms with Crippen LogP contribution in [0.25, 0.3) is 0 Å².